The number of hydrogen-bond acceptors (Lipinski definition) is 3. The molecular weight excluding hydrogens is 170 g/mol. The molecule has 0 aliphatic carbocycles. The molecule has 0 bridgehead atoms. The van der Waals surface area contributed by atoms with Crippen LogP contribution in [0.4, 0.5) is 0 Å². The summed E-state index contributed by atoms with van der Waals surface area (Å²) in [6.07, 6.45) is 1.38. The molecule has 0 saturated heterocycles. The lowest BCUT2D eigenvalue weighted by atomic mass is 9.98. The number of rotatable bonds is 5. The van der Waals surface area contributed by atoms with Crippen LogP contribution in [0.2, 0.25) is 0 Å². The van der Waals surface area contributed by atoms with E-state index >= 15 is 0 Å². The van der Waals surface area contributed by atoms with Crippen molar-refractivity contribution in [1.82, 2.24) is 4.98 Å². The minimum absolute atomic E-state index is 0.0248. The maximum Gasteiger partial charge on any atom is 0.0988 e. The summed E-state index contributed by atoms with van der Waals surface area (Å²) in [7, 11) is 0. The highest BCUT2D eigenvalue weighted by molar-refractivity contribution is 5.07. The van der Waals surface area contributed by atoms with Gasteiger partial charge in [-0.15, -0.1) is 0 Å². The third kappa shape index (κ3) is 2.55. The van der Waals surface area contributed by atoms with Gasteiger partial charge in [0.05, 0.1) is 6.10 Å². The van der Waals surface area contributed by atoms with Crippen LogP contribution in [0, 0.1) is 5.92 Å². The molecule has 2 atom stereocenters. The SMILES string of the molecule is OCCC(CO)C(O)c1ccc[nH]1. The van der Waals surface area contributed by atoms with Gasteiger partial charge < -0.3 is 20.3 Å². The van der Waals surface area contributed by atoms with E-state index in [1.54, 1.807) is 18.3 Å². The van der Waals surface area contributed by atoms with Crippen molar-refractivity contribution in [2.24, 2.45) is 5.92 Å². The Morgan fingerprint density at radius 2 is 2.15 bits per heavy atom. The van der Waals surface area contributed by atoms with Crippen LogP contribution >= 0.6 is 0 Å². The molecule has 0 aromatic carbocycles. The second kappa shape index (κ2) is 5.01. The molecule has 0 aliphatic rings. The fraction of sp³-hybridized carbons (Fsp3) is 0.556. The van der Waals surface area contributed by atoms with Gasteiger partial charge in [-0.3, -0.25) is 0 Å². The number of aliphatic hydroxyl groups excluding tert-OH is 3. The van der Waals surface area contributed by atoms with E-state index in [0.29, 0.717) is 12.1 Å². The molecule has 1 rings (SSSR count). The highest BCUT2D eigenvalue weighted by Gasteiger charge is 2.19. The average Bonchev–Trinajstić information content (AvgIpc) is 2.65. The molecule has 1 aromatic rings. The molecule has 13 heavy (non-hydrogen) atoms. The minimum Gasteiger partial charge on any atom is -0.396 e. The monoisotopic (exact) mass is 185 g/mol. The molecule has 0 fully saturated rings. The van der Waals surface area contributed by atoms with Crippen molar-refractivity contribution >= 4 is 0 Å². The van der Waals surface area contributed by atoms with Crippen LogP contribution in [0.15, 0.2) is 18.3 Å². The van der Waals surface area contributed by atoms with Gasteiger partial charge in [-0.05, 0) is 18.6 Å². The topological polar surface area (TPSA) is 76.5 Å². The Balaban J connectivity index is 2.58. The van der Waals surface area contributed by atoms with E-state index in [1.165, 1.54) is 0 Å². The van der Waals surface area contributed by atoms with Crippen molar-refractivity contribution in [3.63, 3.8) is 0 Å². The number of aromatic amines is 1. The average molecular weight is 185 g/mol. The summed E-state index contributed by atoms with van der Waals surface area (Å²) in [5.41, 5.74) is 0.674. The first-order valence-corrected chi connectivity index (χ1v) is 4.32. The van der Waals surface area contributed by atoms with Crippen molar-refractivity contribution < 1.29 is 15.3 Å². The first kappa shape index (κ1) is 10.2. The van der Waals surface area contributed by atoms with E-state index in [-0.39, 0.29) is 19.1 Å². The van der Waals surface area contributed by atoms with Gasteiger partial charge in [0.15, 0.2) is 0 Å². The number of aliphatic hydroxyl groups is 3. The van der Waals surface area contributed by atoms with Gasteiger partial charge in [0.25, 0.3) is 0 Å². The number of H-pyrrole nitrogens is 1. The van der Waals surface area contributed by atoms with E-state index in [9.17, 15) is 5.11 Å². The Morgan fingerprint density at radius 3 is 2.62 bits per heavy atom. The molecule has 0 radical (unpaired) electrons. The normalized spacial score (nSPS) is 15.6. The molecule has 0 aliphatic heterocycles. The van der Waals surface area contributed by atoms with E-state index in [1.807, 2.05) is 0 Å². The van der Waals surface area contributed by atoms with Crippen molar-refractivity contribution in [2.45, 2.75) is 12.5 Å². The zero-order valence-electron chi connectivity index (χ0n) is 7.35. The van der Waals surface area contributed by atoms with Gasteiger partial charge in [0.1, 0.15) is 0 Å². The minimum atomic E-state index is -0.729. The lowest BCUT2D eigenvalue weighted by molar-refractivity contribution is 0.0485. The van der Waals surface area contributed by atoms with Crippen LogP contribution in [-0.4, -0.2) is 33.5 Å². The van der Waals surface area contributed by atoms with Gasteiger partial charge in [-0.2, -0.15) is 0 Å². The summed E-state index contributed by atoms with van der Waals surface area (Å²) in [6, 6.07) is 3.54. The van der Waals surface area contributed by atoms with Gasteiger partial charge in [-0.1, -0.05) is 0 Å². The van der Waals surface area contributed by atoms with Gasteiger partial charge >= 0.3 is 0 Å². The summed E-state index contributed by atoms with van der Waals surface area (Å²) in [5, 5.41) is 27.3. The third-order valence-electron chi connectivity index (χ3n) is 2.12. The fourth-order valence-electron chi connectivity index (χ4n) is 1.30. The predicted octanol–water partition coefficient (Wildman–Crippen LogP) is 0.0390. The highest BCUT2D eigenvalue weighted by atomic mass is 16.3. The first-order chi connectivity index (χ1) is 6.29. The van der Waals surface area contributed by atoms with Crippen LogP contribution in [-0.2, 0) is 0 Å². The molecule has 4 N–H and O–H groups in total. The Labute approximate surface area is 76.8 Å². The van der Waals surface area contributed by atoms with Crippen molar-refractivity contribution in [3.8, 4) is 0 Å². The molecule has 0 amide bonds. The van der Waals surface area contributed by atoms with E-state index < -0.39 is 6.10 Å². The van der Waals surface area contributed by atoms with Gasteiger partial charge in [0.2, 0.25) is 0 Å². The molecule has 74 valence electrons. The van der Waals surface area contributed by atoms with Crippen LogP contribution in [0.1, 0.15) is 18.2 Å². The molecule has 0 spiro atoms. The second-order valence-corrected chi connectivity index (χ2v) is 3.03. The Morgan fingerprint density at radius 1 is 1.38 bits per heavy atom. The Hall–Kier alpha value is -0.840. The third-order valence-corrected chi connectivity index (χ3v) is 2.12. The fourth-order valence-corrected chi connectivity index (χ4v) is 1.30. The number of aromatic nitrogens is 1. The van der Waals surface area contributed by atoms with Crippen LogP contribution in [0.3, 0.4) is 0 Å². The van der Waals surface area contributed by atoms with E-state index in [0.717, 1.165) is 0 Å². The van der Waals surface area contributed by atoms with Gasteiger partial charge in [0, 0.05) is 31.0 Å². The van der Waals surface area contributed by atoms with Crippen molar-refractivity contribution in [2.75, 3.05) is 13.2 Å². The first-order valence-electron chi connectivity index (χ1n) is 4.32. The Kier molecular flexibility index (Phi) is 3.95. The van der Waals surface area contributed by atoms with Crippen LogP contribution in [0.25, 0.3) is 0 Å². The number of hydrogen-bond donors (Lipinski definition) is 4. The summed E-state index contributed by atoms with van der Waals surface area (Å²) in [6.45, 7) is -0.149. The highest BCUT2D eigenvalue weighted by Crippen LogP contribution is 2.22. The summed E-state index contributed by atoms with van der Waals surface area (Å²) >= 11 is 0. The van der Waals surface area contributed by atoms with E-state index in [2.05, 4.69) is 4.98 Å². The maximum atomic E-state index is 9.70. The lowest BCUT2D eigenvalue weighted by Gasteiger charge is -2.18. The lowest BCUT2D eigenvalue weighted by Crippen LogP contribution is -2.18. The summed E-state index contributed by atoms with van der Waals surface area (Å²) < 4.78 is 0. The smallest absolute Gasteiger partial charge is 0.0988 e. The summed E-state index contributed by atoms with van der Waals surface area (Å²) in [4.78, 5) is 2.87. The zero-order valence-corrected chi connectivity index (χ0v) is 7.35. The summed E-state index contributed by atoms with van der Waals surface area (Å²) in [5.74, 6) is -0.302. The number of nitrogens with one attached hydrogen (secondary N) is 1. The zero-order chi connectivity index (χ0) is 9.68. The van der Waals surface area contributed by atoms with Crippen LogP contribution in [0.5, 0.6) is 0 Å². The second-order valence-electron chi connectivity index (χ2n) is 3.03. The molecular formula is C9H15NO3. The van der Waals surface area contributed by atoms with Crippen molar-refractivity contribution in [1.29, 1.82) is 0 Å². The van der Waals surface area contributed by atoms with Crippen molar-refractivity contribution in [3.05, 3.63) is 24.0 Å². The molecule has 0 saturated carbocycles. The molecule has 4 nitrogen and oxygen atoms in total. The molecule has 4 heteroatoms. The van der Waals surface area contributed by atoms with Gasteiger partial charge in [-0.25, -0.2) is 0 Å². The molecule has 2 unspecified atom stereocenters. The molecule has 1 heterocycles. The van der Waals surface area contributed by atoms with Crippen LogP contribution < -0.4 is 0 Å². The standard InChI is InChI=1S/C9H15NO3/c11-5-3-7(6-12)9(13)8-2-1-4-10-8/h1-2,4,7,9-13H,3,5-6H2. The largest absolute Gasteiger partial charge is 0.396 e. The molecule has 1 aromatic heterocycles. The van der Waals surface area contributed by atoms with E-state index in [4.69, 9.17) is 10.2 Å². The quantitative estimate of drug-likeness (QED) is 0.523. The predicted molar refractivity (Wildman–Crippen MR) is 48.0 cm³/mol. The Bertz CT molecular complexity index is 223. The maximum absolute atomic E-state index is 9.70.